The fourth-order valence-corrected chi connectivity index (χ4v) is 2.12. The Morgan fingerprint density at radius 1 is 1.46 bits per heavy atom. The van der Waals surface area contributed by atoms with E-state index in [0.717, 1.165) is 17.6 Å². The van der Waals surface area contributed by atoms with Gasteiger partial charge in [0.15, 0.2) is 4.77 Å². The molecule has 2 nitrogen and oxygen atoms in total. The molecule has 3 heteroatoms. The second-order valence-electron chi connectivity index (χ2n) is 3.77. The third-order valence-corrected chi connectivity index (χ3v) is 3.32. The molecule has 0 radical (unpaired) electrons. The molecule has 0 spiro atoms. The molecule has 0 atom stereocenters. The summed E-state index contributed by atoms with van der Waals surface area (Å²) in [6, 6.07) is 0. The van der Waals surface area contributed by atoms with Crippen LogP contribution < -0.4 is 0 Å². The highest BCUT2D eigenvalue weighted by molar-refractivity contribution is 7.71. The molecule has 0 amide bonds. The highest BCUT2D eigenvalue weighted by Gasteiger charge is 2.23. The first-order chi connectivity index (χ1) is 6.05. The van der Waals surface area contributed by atoms with Gasteiger partial charge in [-0.05, 0) is 38.9 Å². The molecule has 0 aliphatic rings. The first-order valence-corrected chi connectivity index (χ1v) is 5.23. The summed E-state index contributed by atoms with van der Waals surface area (Å²) in [4.78, 5) is 3.09. The van der Waals surface area contributed by atoms with Crippen LogP contribution in [0.15, 0.2) is 6.20 Å². The maximum absolute atomic E-state index is 5.26. The van der Waals surface area contributed by atoms with Crippen molar-refractivity contribution < 1.29 is 0 Å². The Morgan fingerprint density at radius 3 is 2.31 bits per heavy atom. The van der Waals surface area contributed by atoms with E-state index in [4.69, 9.17) is 12.2 Å². The summed E-state index contributed by atoms with van der Waals surface area (Å²) in [5, 5.41) is 0. The van der Waals surface area contributed by atoms with Gasteiger partial charge in [0.1, 0.15) is 0 Å². The molecule has 0 bridgehead atoms. The molecule has 1 aromatic heterocycles. The monoisotopic (exact) mass is 198 g/mol. The standard InChI is InChI=1S/C10H18N2S/c1-5-10(4,6-2)12-8(3)7-11-9(12)13/h7H,5-6H2,1-4H3,(H,11,13). The second-order valence-corrected chi connectivity index (χ2v) is 4.16. The lowest BCUT2D eigenvalue weighted by atomic mass is 9.95. The molecule has 1 heterocycles. The van der Waals surface area contributed by atoms with E-state index in [1.807, 2.05) is 6.20 Å². The number of H-pyrrole nitrogens is 1. The van der Waals surface area contributed by atoms with Crippen molar-refractivity contribution in [1.82, 2.24) is 9.55 Å². The van der Waals surface area contributed by atoms with Gasteiger partial charge in [0.2, 0.25) is 0 Å². The zero-order chi connectivity index (χ0) is 10.1. The van der Waals surface area contributed by atoms with Gasteiger partial charge in [-0.3, -0.25) is 0 Å². The minimum Gasteiger partial charge on any atom is -0.337 e. The van der Waals surface area contributed by atoms with Crippen LogP contribution in [0.3, 0.4) is 0 Å². The zero-order valence-electron chi connectivity index (χ0n) is 8.85. The lowest BCUT2D eigenvalue weighted by Crippen LogP contribution is -2.29. The van der Waals surface area contributed by atoms with Crippen LogP contribution in [0.2, 0.25) is 0 Å². The molecule has 0 aliphatic carbocycles. The molecule has 0 aromatic carbocycles. The maximum Gasteiger partial charge on any atom is 0.177 e. The Balaban J connectivity index is 3.26. The molecule has 0 saturated carbocycles. The Hall–Kier alpha value is -0.570. The smallest absolute Gasteiger partial charge is 0.177 e. The number of rotatable bonds is 3. The van der Waals surface area contributed by atoms with Gasteiger partial charge in [-0.25, -0.2) is 0 Å². The summed E-state index contributed by atoms with van der Waals surface area (Å²) in [6.45, 7) is 8.76. The van der Waals surface area contributed by atoms with E-state index in [-0.39, 0.29) is 5.54 Å². The van der Waals surface area contributed by atoms with E-state index in [2.05, 4.69) is 37.2 Å². The second kappa shape index (κ2) is 3.66. The predicted octanol–water partition coefficient (Wildman–Crippen LogP) is 3.39. The Kier molecular flexibility index (Phi) is 2.96. The molecule has 0 saturated heterocycles. The van der Waals surface area contributed by atoms with Crippen LogP contribution >= 0.6 is 12.2 Å². The summed E-state index contributed by atoms with van der Waals surface area (Å²) in [6.07, 6.45) is 4.19. The van der Waals surface area contributed by atoms with Gasteiger partial charge < -0.3 is 9.55 Å². The molecule has 0 aliphatic heterocycles. The number of aryl methyl sites for hydroxylation is 1. The number of imidazole rings is 1. The highest BCUT2D eigenvalue weighted by atomic mass is 32.1. The summed E-state index contributed by atoms with van der Waals surface area (Å²) < 4.78 is 3.06. The van der Waals surface area contributed by atoms with Crippen molar-refractivity contribution in [3.8, 4) is 0 Å². The van der Waals surface area contributed by atoms with E-state index < -0.39 is 0 Å². The van der Waals surface area contributed by atoms with Crippen molar-refractivity contribution >= 4 is 12.2 Å². The fraction of sp³-hybridized carbons (Fsp3) is 0.700. The number of hydrogen-bond acceptors (Lipinski definition) is 1. The summed E-state index contributed by atoms with van der Waals surface area (Å²) in [7, 11) is 0. The van der Waals surface area contributed by atoms with Crippen LogP contribution in [0.25, 0.3) is 0 Å². The molecular formula is C10H18N2S. The van der Waals surface area contributed by atoms with Crippen LogP contribution in [-0.4, -0.2) is 9.55 Å². The number of hydrogen-bond donors (Lipinski definition) is 1. The molecule has 13 heavy (non-hydrogen) atoms. The molecule has 1 N–H and O–H groups in total. The summed E-state index contributed by atoms with van der Waals surface area (Å²) >= 11 is 5.26. The van der Waals surface area contributed by atoms with Crippen molar-refractivity contribution in [3.05, 3.63) is 16.7 Å². The molecule has 1 aromatic rings. The topological polar surface area (TPSA) is 20.7 Å². The van der Waals surface area contributed by atoms with Gasteiger partial charge in [0, 0.05) is 17.4 Å². The number of nitrogens with zero attached hydrogens (tertiary/aromatic N) is 1. The van der Waals surface area contributed by atoms with Crippen molar-refractivity contribution in [2.24, 2.45) is 0 Å². The lowest BCUT2D eigenvalue weighted by Gasteiger charge is -2.30. The van der Waals surface area contributed by atoms with Gasteiger partial charge in [0.05, 0.1) is 0 Å². The maximum atomic E-state index is 5.26. The molecular weight excluding hydrogens is 180 g/mol. The van der Waals surface area contributed by atoms with Crippen LogP contribution in [0.1, 0.15) is 39.3 Å². The molecule has 0 fully saturated rings. The highest BCUT2D eigenvalue weighted by Crippen LogP contribution is 2.26. The number of aromatic nitrogens is 2. The average molecular weight is 198 g/mol. The van der Waals surface area contributed by atoms with Crippen LogP contribution in [0.4, 0.5) is 0 Å². The van der Waals surface area contributed by atoms with Crippen molar-refractivity contribution in [1.29, 1.82) is 0 Å². The minimum absolute atomic E-state index is 0.168. The average Bonchev–Trinajstić information content (AvgIpc) is 2.46. The van der Waals surface area contributed by atoms with Crippen molar-refractivity contribution in [2.75, 3.05) is 0 Å². The van der Waals surface area contributed by atoms with E-state index in [9.17, 15) is 0 Å². The lowest BCUT2D eigenvalue weighted by molar-refractivity contribution is 0.285. The van der Waals surface area contributed by atoms with Crippen LogP contribution in [-0.2, 0) is 5.54 Å². The summed E-state index contributed by atoms with van der Waals surface area (Å²) in [5.74, 6) is 0. The largest absolute Gasteiger partial charge is 0.337 e. The Morgan fingerprint density at radius 2 is 2.00 bits per heavy atom. The number of aromatic amines is 1. The van der Waals surface area contributed by atoms with Crippen molar-refractivity contribution in [3.63, 3.8) is 0 Å². The quantitative estimate of drug-likeness (QED) is 0.738. The van der Waals surface area contributed by atoms with Gasteiger partial charge in [-0.2, -0.15) is 0 Å². The number of nitrogens with one attached hydrogen (secondary N) is 1. The van der Waals surface area contributed by atoms with Gasteiger partial charge >= 0.3 is 0 Å². The Bertz CT molecular complexity index is 331. The van der Waals surface area contributed by atoms with Crippen molar-refractivity contribution in [2.45, 2.75) is 46.1 Å². The third-order valence-electron chi connectivity index (χ3n) is 3.02. The van der Waals surface area contributed by atoms with Gasteiger partial charge in [-0.15, -0.1) is 0 Å². The van der Waals surface area contributed by atoms with E-state index in [1.54, 1.807) is 0 Å². The zero-order valence-corrected chi connectivity index (χ0v) is 9.66. The van der Waals surface area contributed by atoms with Gasteiger partial charge in [-0.1, -0.05) is 13.8 Å². The third kappa shape index (κ3) is 1.70. The van der Waals surface area contributed by atoms with Gasteiger partial charge in [0.25, 0.3) is 0 Å². The predicted molar refractivity (Wildman–Crippen MR) is 58.6 cm³/mol. The molecule has 74 valence electrons. The van der Waals surface area contributed by atoms with E-state index in [1.165, 1.54) is 5.69 Å². The fourth-order valence-electron chi connectivity index (χ4n) is 1.69. The van der Waals surface area contributed by atoms with Crippen LogP contribution in [0, 0.1) is 11.7 Å². The van der Waals surface area contributed by atoms with Crippen LogP contribution in [0.5, 0.6) is 0 Å². The molecule has 1 rings (SSSR count). The molecule has 0 unspecified atom stereocenters. The SMILES string of the molecule is CCC(C)(CC)n1c(C)c[nH]c1=S. The summed E-state index contributed by atoms with van der Waals surface area (Å²) in [5.41, 5.74) is 1.39. The van der Waals surface area contributed by atoms with E-state index >= 15 is 0 Å². The first kappa shape index (κ1) is 10.5. The minimum atomic E-state index is 0.168. The normalized spacial score (nSPS) is 12.0. The first-order valence-electron chi connectivity index (χ1n) is 4.82. The van der Waals surface area contributed by atoms with E-state index in [0.29, 0.717) is 0 Å². The Labute approximate surface area is 85.0 Å².